The van der Waals surface area contributed by atoms with E-state index >= 15 is 0 Å². The summed E-state index contributed by atoms with van der Waals surface area (Å²) in [6.45, 7) is 1.28. The molecule has 0 spiro atoms. The largest absolute Gasteiger partial charge is 0.490 e. The summed E-state index contributed by atoms with van der Waals surface area (Å²) >= 11 is 7.24. The first kappa shape index (κ1) is 13.3. The van der Waals surface area contributed by atoms with Gasteiger partial charge in [0.05, 0.1) is 19.5 Å². The first-order valence-corrected chi connectivity index (χ1v) is 7.24. The number of aromatic amines is 1. The fourth-order valence-electron chi connectivity index (χ4n) is 1.76. The smallest absolute Gasteiger partial charge is 0.270 e. The van der Waals surface area contributed by atoms with Gasteiger partial charge in [-0.3, -0.25) is 4.79 Å². The highest BCUT2D eigenvalue weighted by molar-refractivity contribution is 7.99. The van der Waals surface area contributed by atoms with Crippen molar-refractivity contribution in [2.24, 2.45) is 0 Å². The number of hydrogen-bond acceptors (Lipinski definition) is 5. The van der Waals surface area contributed by atoms with Crippen molar-refractivity contribution in [1.29, 1.82) is 0 Å². The molecule has 0 bridgehead atoms. The van der Waals surface area contributed by atoms with Crippen molar-refractivity contribution in [1.82, 2.24) is 9.97 Å². The molecule has 0 saturated heterocycles. The van der Waals surface area contributed by atoms with Crippen LogP contribution in [0.1, 0.15) is 6.42 Å². The molecule has 0 radical (unpaired) electrons. The van der Waals surface area contributed by atoms with Gasteiger partial charge in [0, 0.05) is 11.3 Å². The van der Waals surface area contributed by atoms with Crippen molar-refractivity contribution in [2.45, 2.75) is 16.3 Å². The lowest BCUT2D eigenvalue weighted by atomic mass is 10.3. The van der Waals surface area contributed by atoms with Crippen LogP contribution < -0.4 is 15.0 Å². The van der Waals surface area contributed by atoms with Gasteiger partial charge >= 0.3 is 0 Å². The molecule has 1 aliphatic rings. The van der Waals surface area contributed by atoms with E-state index in [9.17, 15) is 4.79 Å². The van der Waals surface area contributed by atoms with Crippen LogP contribution in [0.15, 0.2) is 39.2 Å². The summed E-state index contributed by atoms with van der Waals surface area (Å²) in [5, 5.41) is 0.550. The van der Waals surface area contributed by atoms with Crippen LogP contribution in [-0.2, 0) is 0 Å². The third-order valence-electron chi connectivity index (χ3n) is 2.70. The molecule has 7 heteroatoms. The minimum atomic E-state index is -0.349. The van der Waals surface area contributed by atoms with Crippen molar-refractivity contribution in [3.8, 4) is 11.5 Å². The first-order valence-electron chi connectivity index (χ1n) is 6.05. The molecule has 0 amide bonds. The number of ether oxygens (including phenoxy) is 2. The number of nitrogens with one attached hydrogen (secondary N) is 1. The molecular formula is C13H11ClN2O3S. The Hall–Kier alpha value is -1.66. The summed E-state index contributed by atoms with van der Waals surface area (Å²) in [5.41, 5.74) is -0.349. The topological polar surface area (TPSA) is 64.2 Å². The lowest BCUT2D eigenvalue weighted by molar-refractivity contribution is 0.297. The normalized spacial score (nSPS) is 13.8. The zero-order valence-electron chi connectivity index (χ0n) is 10.4. The maximum absolute atomic E-state index is 11.4. The number of aromatic nitrogens is 2. The molecule has 5 nitrogen and oxygen atoms in total. The average Bonchev–Trinajstić information content (AvgIpc) is 2.69. The van der Waals surface area contributed by atoms with Crippen LogP contribution in [0, 0.1) is 0 Å². The van der Waals surface area contributed by atoms with E-state index in [-0.39, 0.29) is 10.6 Å². The van der Waals surface area contributed by atoms with Gasteiger partial charge in [0.15, 0.2) is 11.5 Å². The van der Waals surface area contributed by atoms with Gasteiger partial charge in [-0.05, 0) is 18.2 Å². The van der Waals surface area contributed by atoms with Crippen LogP contribution in [0.4, 0.5) is 0 Å². The second-order valence-electron chi connectivity index (χ2n) is 4.11. The molecule has 0 atom stereocenters. The summed E-state index contributed by atoms with van der Waals surface area (Å²) in [6.07, 6.45) is 2.19. The Balaban J connectivity index is 1.90. The second-order valence-corrected chi connectivity index (χ2v) is 5.55. The monoisotopic (exact) mass is 310 g/mol. The molecule has 2 aromatic rings. The maximum Gasteiger partial charge on any atom is 0.270 e. The molecule has 0 unspecified atom stereocenters. The zero-order chi connectivity index (χ0) is 13.9. The Morgan fingerprint density at radius 1 is 1.25 bits per heavy atom. The summed E-state index contributed by atoms with van der Waals surface area (Å²) in [5.74, 6) is 1.44. The van der Waals surface area contributed by atoms with E-state index < -0.39 is 0 Å². The van der Waals surface area contributed by atoms with Crippen LogP contribution >= 0.6 is 23.4 Å². The Morgan fingerprint density at radius 3 is 2.90 bits per heavy atom. The van der Waals surface area contributed by atoms with Crippen LogP contribution in [0.3, 0.4) is 0 Å². The molecule has 1 N–H and O–H groups in total. The van der Waals surface area contributed by atoms with Gasteiger partial charge in [0.2, 0.25) is 0 Å². The standard InChI is InChI=1S/C13H11ClN2O3S/c14-11-12(17)15-7-16-13(11)20-8-2-3-9-10(6-8)19-5-1-4-18-9/h2-3,6-7H,1,4-5H2,(H,15,16,17). The van der Waals surface area contributed by atoms with E-state index in [1.54, 1.807) is 0 Å². The van der Waals surface area contributed by atoms with Gasteiger partial charge < -0.3 is 14.5 Å². The molecule has 1 aliphatic heterocycles. The third kappa shape index (κ3) is 2.76. The quantitative estimate of drug-likeness (QED) is 0.864. The van der Waals surface area contributed by atoms with Gasteiger partial charge in [0.1, 0.15) is 10.0 Å². The number of benzene rings is 1. The molecule has 20 heavy (non-hydrogen) atoms. The number of fused-ring (bicyclic) bond motifs is 1. The van der Waals surface area contributed by atoms with E-state index in [0.717, 1.165) is 17.1 Å². The third-order valence-corrected chi connectivity index (χ3v) is 4.15. The Morgan fingerprint density at radius 2 is 2.05 bits per heavy atom. The van der Waals surface area contributed by atoms with Crippen molar-refractivity contribution < 1.29 is 9.47 Å². The summed E-state index contributed by atoms with van der Waals surface area (Å²) in [6, 6.07) is 5.60. The lowest BCUT2D eigenvalue weighted by Gasteiger charge is -2.09. The number of halogens is 1. The molecule has 0 aliphatic carbocycles. The molecule has 3 rings (SSSR count). The van der Waals surface area contributed by atoms with Gasteiger partial charge in [0.25, 0.3) is 5.56 Å². The van der Waals surface area contributed by atoms with Gasteiger partial charge in [-0.25, -0.2) is 4.98 Å². The highest BCUT2D eigenvalue weighted by Crippen LogP contribution is 2.37. The summed E-state index contributed by atoms with van der Waals surface area (Å²) in [4.78, 5) is 18.8. The van der Waals surface area contributed by atoms with E-state index in [0.29, 0.717) is 24.0 Å². The number of H-pyrrole nitrogens is 1. The Labute approximate surface area is 124 Å². The number of rotatable bonds is 2. The van der Waals surface area contributed by atoms with E-state index in [4.69, 9.17) is 21.1 Å². The van der Waals surface area contributed by atoms with Gasteiger partial charge in [-0.2, -0.15) is 0 Å². The molecule has 0 saturated carbocycles. The van der Waals surface area contributed by atoms with Crippen LogP contribution in [0.25, 0.3) is 0 Å². The van der Waals surface area contributed by atoms with Gasteiger partial charge in [-0.1, -0.05) is 23.4 Å². The van der Waals surface area contributed by atoms with Crippen LogP contribution in [-0.4, -0.2) is 23.2 Å². The highest BCUT2D eigenvalue weighted by Gasteiger charge is 2.13. The SMILES string of the molecule is O=c1[nH]cnc(Sc2ccc3c(c2)OCCCO3)c1Cl. The molecule has 2 heterocycles. The van der Waals surface area contributed by atoms with E-state index in [1.807, 2.05) is 18.2 Å². The predicted molar refractivity (Wildman–Crippen MR) is 76.0 cm³/mol. The molecular weight excluding hydrogens is 300 g/mol. The van der Waals surface area contributed by atoms with Gasteiger partial charge in [-0.15, -0.1) is 0 Å². The Kier molecular flexibility index (Phi) is 3.84. The molecule has 104 valence electrons. The lowest BCUT2D eigenvalue weighted by Crippen LogP contribution is -2.07. The summed E-state index contributed by atoms with van der Waals surface area (Å²) in [7, 11) is 0. The highest BCUT2D eigenvalue weighted by atomic mass is 35.5. The minimum absolute atomic E-state index is 0.0876. The molecule has 1 aromatic heterocycles. The fourth-order valence-corrected chi connectivity index (χ4v) is 2.79. The first-order chi connectivity index (χ1) is 9.74. The van der Waals surface area contributed by atoms with Crippen molar-refractivity contribution in [3.63, 3.8) is 0 Å². The Bertz CT molecular complexity index is 690. The predicted octanol–water partition coefficient (Wildman–Crippen LogP) is 2.74. The summed E-state index contributed by atoms with van der Waals surface area (Å²) < 4.78 is 11.2. The van der Waals surface area contributed by atoms with Crippen LogP contribution in [0.5, 0.6) is 11.5 Å². The van der Waals surface area contributed by atoms with Crippen molar-refractivity contribution in [3.05, 3.63) is 39.9 Å². The molecule has 0 fully saturated rings. The maximum atomic E-state index is 11.4. The van der Waals surface area contributed by atoms with Crippen LogP contribution in [0.2, 0.25) is 5.02 Å². The second kappa shape index (κ2) is 5.76. The van der Waals surface area contributed by atoms with Crippen molar-refractivity contribution >= 4 is 23.4 Å². The minimum Gasteiger partial charge on any atom is -0.490 e. The molecule has 1 aromatic carbocycles. The van der Waals surface area contributed by atoms with E-state index in [2.05, 4.69) is 9.97 Å². The number of hydrogen-bond donors (Lipinski definition) is 1. The number of nitrogens with zero attached hydrogens (tertiary/aromatic N) is 1. The van der Waals surface area contributed by atoms with E-state index in [1.165, 1.54) is 18.1 Å². The van der Waals surface area contributed by atoms with Crippen molar-refractivity contribution in [2.75, 3.05) is 13.2 Å². The zero-order valence-corrected chi connectivity index (χ0v) is 12.0. The average molecular weight is 311 g/mol. The fraction of sp³-hybridized carbons (Fsp3) is 0.231.